The summed E-state index contributed by atoms with van der Waals surface area (Å²) in [6.45, 7) is 2.92. The van der Waals surface area contributed by atoms with Gasteiger partial charge in [0.2, 0.25) is 0 Å². The zero-order chi connectivity index (χ0) is 19.7. The molecule has 0 saturated carbocycles. The van der Waals surface area contributed by atoms with Crippen molar-refractivity contribution in [1.82, 2.24) is 9.34 Å². The van der Waals surface area contributed by atoms with Crippen LogP contribution in [0.1, 0.15) is 39.0 Å². The van der Waals surface area contributed by atoms with Crippen molar-refractivity contribution in [2.75, 3.05) is 47.3 Å². The number of halogens is 3. The largest absolute Gasteiger partial charge is 0.318 e. The average Bonchev–Trinajstić information content (AvgIpc) is 2.59. The predicted octanol–water partition coefficient (Wildman–Crippen LogP) is 5.83. The van der Waals surface area contributed by atoms with Gasteiger partial charge in [-0.25, -0.2) is 9.34 Å². The lowest BCUT2D eigenvalue weighted by molar-refractivity contribution is 0.302. The molecule has 2 unspecified atom stereocenters. The maximum absolute atomic E-state index is 13.5. The van der Waals surface area contributed by atoms with Crippen LogP contribution in [0.5, 0.6) is 0 Å². The molecular weight excluding hydrogens is 428 g/mol. The van der Waals surface area contributed by atoms with Crippen LogP contribution in [0.15, 0.2) is 0 Å². The molecular formula is C14H31Cl3N2O4P2. The van der Waals surface area contributed by atoms with Gasteiger partial charge in [0.1, 0.15) is 0 Å². The van der Waals surface area contributed by atoms with Crippen molar-refractivity contribution in [1.29, 1.82) is 0 Å². The summed E-state index contributed by atoms with van der Waals surface area (Å²) in [6, 6.07) is 0. The average molecular weight is 460 g/mol. The van der Waals surface area contributed by atoms with Crippen molar-refractivity contribution in [3.05, 3.63) is 0 Å². The highest BCUT2D eigenvalue weighted by Gasteiger charge is 2.64. The number of rotatable bonds is 14. The second-order valence-electron chi connectivity index (χ2n) is 5.78. The van der Waals surface area contributed by atoms with E-state index < -0.39 is 18.9 Å². The van der Waals surface area contributed by atoms with E-state index in [0.29, 0.717) is 25.4 Å². The van der Waals surface area contributed by atoms with Crippen LogP contribution in [0.4, 0.5) is 0 Å². The Morgan fingerprint density at radius 3 is 1.60 bits per heavy atom. The van der Waals surface area contributed by atoms with E-state index in [1.165, 1.54) is 23.6 Å². The van der Waals surface area contributed by atoms with Gasteiger partial charge in [-0.05, 0) is 33.4 Å². The molecule has 0 aliphatic heterocycles. The molecule has 0 aliphatic rings. The van der Waals surface area contributed by atoms with Crippen LogP contribution in [-0.4, -0.2) is 60.4 Å². The zero-order valence-corrected chi connectivity index (χ0v) is 19.8. The Bertz CT molecular complexity index is 443. The molecule has 0 N–H and O–H groups in total. The monoisotopic (exact) mass is 458 g/mol. The van der Waals surface area contributed by atoms with Gasteiger partial charge in [-0.1, -0.05) is 43.0 Å². The van der Waals surface area contributed by atoms with E-state index in [1.54, 1.807) is 14.1 Å². The zero-order valence-electron chi connectivity index (χ0n) is 15.7. The van der Waals surface area contributed by atoms with Crippen molar-refractivity contribution in [2.24, 2.45) is 0 Å². The van der Waals surface area contributed by atoms with Gasteiger partial charge in [-0.3, -0.25) is 9.13 Å². The Hall–Kier alpha value is 1.17. The number of unbranched alkanes of at least 4 members (excludes halogenated alkanes) is 3. The Morgan fingerprint density at radius 2 is 1.28 bits per heavy atom. The quantitative estimate of drug-likeness (QED) is 0.185. The lowest BCUT2D eigenvalue weighted by Gasteiger charge is -2.41. The normalized spacial score (nSPS) is 17.7. The molecule has 0 bridgehead atoms. The van der Waals surface area contributed by atoms with Gasteiger partial charge >= 0.3 is 15.0 Å². The van der Waals surface area contributed by atoms with Crippen LogP contribution in [-0.2, 0) is 18.2 Å². The summed E-state index contributed by atoms with van der Waals surface area (Å²) in [4.78, 5) is 0. The van der Waals surface area contributed by atoms with Crippen LogP contribution in [0, 0.1) is 0 Å². The Morgan fingerprint density at radius 1 is 0.880 bits per heavy atom. The summed E-state index contributed by atoms with van der Waals surface area (Å²) < 4.78 is 38.1. The van der Waals surface area contributed by atoms with E-state index in [9.17, 15) is 9.13 Å². The highest BCUT2D eigenvalue weighted by molar-refractivity contribution is 7.82. The van der Waals surface area contributed by atoms with Crippen LogP contribution in [0.2, 0.25) is 0 Å². The summed E-state index contributed by atoms with van der Waals surface area (Å²) in [7, 11) is -2.05. The second kappa shape index (κ2) is 11.9. The van der Waals surface area contributed by atoms with Crippen LogP contribution >= 0.6 is 49.8 Å². The molecule has 0 spiro atoms. The number of nitrogens with zero attached hydrogens (tertiary/aromatic N) is 2. The fraction of sp³-hybridized carbons (Fsp3) is 1.00. The van der Waals surface area contributed by atoms with Gasteiger partial charge in [0.15, 0.2) is 0 Å². The Balaban J connectivity index is 5.58. The van der Waals surface area contributed by atoms with E-state index in [0.717, 1.165) is 25.7 Å². The first-order valence-corrected chi connectivity index (χ1v) is 12.7. The summed E-state index contributed by atoms with van der Waals surface area (Å²) in [5.74, 6) is 0.495. The van der Waals surface area contributed by atoms with E-state index in [-0.39, 0.29) is 0 Å². The van der Waals surface area contributed by atoms with Crippen molar-refractivity contribution < 1.29 is 18.2 Å². The summed E-state index contributed by atoms with van der Waals surface area (Å²) >= 11 is 18.6. The maximum Gasteiger partial charge on any atom is 0.318 e. The third kappa shape index (κ3) is 6.07. The minimum Gasteiger partial charge on any atom is -0.318 e. The molecule has 6 nitrogen and oxygen atoms in total. The molecule has 11 heteroatoms. The SMILES string of the molecule is CCCCCN(C)P(=O)(OC)C(Cl)(Cl)P(=O)(OC)N(C)CCCCCl. The van der Waals surface area contributed by atoms with Gasteiger partial charge in [0.25, 0.3) is 3.82 Å². The first-order chi connectivity index (χ1) is 11.6. The third-order valence-electron chi connectivity index (χ3n) is 4.02. The Labute approximate surface area is 167 Å². The number of hydrogen-bond acceptors (Lipinski definition) is 4. The number of hydrogen-bond donors (Lipinski definition) is 0. The molecule has 0 fully saturated rings. The first-order valence-electron chi connectivity index (χ1n) is 8.27. The molecule has 0 aromatic carbocycles. The second-order valence-corrected chi connectivity index (χ2v) is 14.4. The van der Waals surface area contributed by atoms with Crippen LogP contribution < -0.4 is 0 Å². The molecule has 2 atom stereocenters. The highest BCUT2D eigenvalue weighted by Crippen LogP contribution is 2.82. The standard InChI is InChI=1S/C14H31Cl3N2O4P2/c1-6-7-9-12-18(2)24(20,22-4)14(16,17)25(21,23-5)19(3)13-10-8-11-15/h6-13H2,1-5H3. The van der Waals surface area contributed by atoms with Crippen molar-refractivity contribution in [3.63, 3.8) is 0 Å². The smallest absolute Gasteiger partial charge is 0.318 e. The molecule has 0 radical (unpaired) electrons. The molecule has 0 heterocycles. The molecule has 0 aromatic heterocycles. The van der Waals surface area contributed by atoms with E-state index in [4.69, 9.17) is 43.9 Å². The van der Waals surface area contributed by atoms with Gasteiger partial charge in [-0.15, -0.1) is 11.6 Å². The minimum absolute atomic E-state index is 0.391. The third-order valence-corrected chi connectivity index (χ3v) is 12.9. The van der Waals surface area contributed by atoms with Gasteiger partial charge < -0.3 is 9.05 Å². The van der Waals surface area contributed by atoms with E-state index in [2.05, 4.69) is 6.92 Å². The van der Waals surface area contributed by atoms with Gasteiger partial charge in [0.05, 0.1) is 0 Å². The molecule has 0 aliphatic carbocycles. The van der Waals surface area contributed by atoms with Crippen molar-refractivity contribution in [2.45, 2.75) is 42.8 Å². The maximum atomic E-state index is 13.5. The fourth-order valence-electron chi connectivity index (χ4n) is 2.36. The molecule has 0 aromatic rings. The van der Waals surface area contributed by atoms with Crippen LogP contribution in [0.3, 0.4) is 0 Å². The summed E-state index contributed by atoms with van der Waals surface area (Å²) in [6.07, 6.45) is 4.20. The highest BCUT2D eigenvalue weighted by atomic mass is 35.5. The summed E-state index contributed by atoms with van der Waals surface area (Å²) in [5, 5.41) is 0. The van der Waals surface area contributed by atoms with E-state index >= 15 is 0 Å². The molecule has 152 valence electrons. The molecule has 0 rings (SSSR count). The number of alkyl halides is 3. The van der Waals surface area contributed by atoms with Gasteiger partial charge in [-0.2, -0.15) is 0 Å². The minimum atomic E-state index is -3.87. The molecule has 0 amide bonds. The molecule has 0 saturated heterocycles. The van der Waals surface area contributed by atoms with E-state index in [1.807, 2.05) is 0 Å². The Kier molecular flexibility index (Phi) is 12.4. The lowest BCUT2D eigenvalue weighted by Crippen LogP contribution is -2.34. The lowest BCUT2D eigenvalue weighted by atomic mass is 10.2. The van der Waals surface area contributed by atoms with Crippen molar-refractivity contribution >= 4 is 49.8 Å². The fourth-order valence-corrected chi connectivity index (χ4v) is 10.2. The summed E-state index contributed by atoms with van der Waals surface area (Å²) in [5.41, 5.74) is 0. The first kappa shape index (κ1) is 26.2. The predicted molar refractivity (Wildman–Crippen MR) is 108 cm³/mol. The topological polar surface area (TPSA) is 59.1 Å². The van der Waals surface area contributed by atoms with Crippen molar-refractivity contribution in [3.8, 4) is 0 Å². The molecule has 25 heavy (non-hydrogen) atoms. The van der Waals surface area contributed by atoms with Crippen LogP contribution in [0.25, 0.3) is 0 Å². The van der Waals surface area contributed by atoms with Gasteiger partial charge in [0, 0.05) is 33.2 Å².